The first-order valence-corrected chi connectivity index (χ1v) is 6.54. The van der Waals surface area contributed by atoms with Gasteiger partial charge in [0, 0.05) is 12.2 Å². The Balaban J connectivity index is 1.98. The van der Waals surface area contributed by atoms with E-state index in [1.807, 2.05) is 0 Å². The predicted molar refractivity (Wildman–Crippen MR) is 79.0 cm³/mol. The smallest absolute Gasteiger partial charge is 0.0400 e. The highest BCUT2D eigenvalue weighted by Gasteiger charge is 1.99. The fourth-order valence-electron chi connectivity index (χ4n) is 2.01. The van der Waals surface area contributed by atoms with Crippen LogP contribution in [0.15, 0.2) is 48.5 Å². The van der Waals surface area contributed by atoms with Crippen LogP contribution in [-0.4, -0.2) is 0 Å². The monoisotopic (exact) mass is 239 g/mol. The van der Waals surface area contributed by atoms with E-state index in [-0.39, 0.29) is 0 Å². The average molecular weight is 239 g/mol. The molecule has 0 bridgehead atoms. The van der Waals surface area contributed by atoms with Crippen molar-refractivity contribution in [1.82, 2.24) is 0 Å². The second-order valence-corrected chi connectivity index (χ2v) is 5.12. The number of nitrogens with one attached hydrogen (secondary N) is 1. The van der Waals surface area contributed by atoms with Gasteiger partial charge in [-0.1, -0.05) is 55.8 Å². The second kappa shape index (κ2) is 5.72. The molecule has 1 heteroatoms. The normalized spacial score (nSPS) is 10.7. The summed E-state index contributed by atoms with van der Waals surface area (Å²) >= 11 is 0. The Hall–Kier alpha value is -1.76. The number of hydrogen-bond acceptors (Lipinski definition) is 1. The molecule has 94 valence electrons. The Bertz CT molecular complexity index is 497. The largest absolute Gasteiger partial charge is 0.381 e. The zero-order valence-corrected chi connectivity index (χ0v) is 11.4. The summed E-state index contributed by atoms with van der Waals surface area (Å²) in [4.78, 5) is 0. The van der Waals surface area contributed by atoms with Crippen LogP contribution in [0.25, 0.3) is 0 Å². The van der Waals surface area contributed by atoms with Gasteiger partial charge in [0.15, 0.2) is 0 Å². The predicted octanol–water partition coefficient (Wildman–Crippen LogP) is 4.73. The maximum atomic E-state index is 3.45. The molecule has 0 amide bonds. The van der Waals surface area contributed by atoms with Gasteiger partial charge in [0.05, 0.1) is 0 Å². The maximum Gasteiger partial charge on any atom is 0.0400 e. The van der Waals surface area contributed by atoms with Crippen molar-refractivity contribution >= 4 is 5.69 Å². The molecule has 0 atom stereocenters. The SMILES string of the molecule is Cc1cccc(CNc2ccc(C(C)C)cc2)c1. The summed E-state index contributed by atoms with van der Waals surface area (Å²) in [6, 6.07) is 17.3. The number of aryl methyl sites for hydroxylation is 1. The van der Waals surface area contributed by atoms with E-state index >= 15 is 0 Å². The Morgan fingerprint density at radius 3 is 2.33 bits per heavy atom. The molecular weight excluding hydrogens is 218 g/mol. The van der Waals surface area contributed by atoms with Gasteiger partial charge in [0.2, 0.25) is 0 Å². The second-order valence-electron chi connectivity index (χ2n) is 5.12. The first kappa shape index (κ1) is 12.7. The molecule has 2 rings (SSSR count). The van der Waals surface area contributed by atoms with E-state index in [2.05, 4.69) is 74.6 Å². The van der Waals surface area contributed by atoms with Crippen LogP contribution in [0.5, 0.6) is 0 Å². The molecule has 0 aliphatic rings. The zero-order valence-electron chi connectivity index (χ0n) is 11.4. The van der Waals surface area contributed by atoms with Crippen molar-refractivity contribution in [1.29, 1.82) is 0 Å². The number of hydrogen-bond donors (Lipinski definition) is 1. The summed E-state index contributed by atoms with van der Waals surface area (Å²) in [7, 11) is 0. The minimum atomic E-state index is 0.593. The van der Waals surface area contributed by atoms with Crippen LogP contribution in [0.2, 0.25) is 0 Å². The zero-order chi connectivity index (χ0) is 13.0. The molecule has 1 N–H and O–H groups in total. The van der Waals surface area contributed by atoms with Crippen LogP contribution in [-0.2, 0) is 6.54 Å². The lowest BCUT2D eigenvalue weighted by atomic mass is 10.0. The molecular formula is C17H21N. The Morgan fingerprint density at radius 1 is 1.00 bits per heavy atom. The standard InChI is InChI=1S/C17H21N/c1-13(2)16-7-9-17(10-8-16)18-12-15-6-4-5-14(3)11-15/h4-11,13,18H,12H2,1-3H3. The van der Waals surface area contributed by atoms with Crippen molar-refractivity contribution in [3.8, 4) is 0 Å². The fourth-order valence-corrected chi connectivity index (χ4v) is 2.01. The molecule has 0 unspecified atom stereocenters. The summed E-state index contributed by atoms with van der Waals surface area (Å²) in [5.41, 5.74) is 5.20. The molecule has 0 aromatic heterocycles. The van der Waals surface area contributed by atoms with Crippen LogP contribution in [0, 0.1) is 6.92 Å². The summed E-state index contributed by atoms with van der Waals surface area (Å²) < 4.78 is 0. The van der Waals surface area contributed by atoms with Crippen molar-refractivity contribution < 1.29 is 0 Å². The van der Waals surface area contributed by atoms with Gasteiger partial charge in [-0.3, -0.25) is 0 Å². The lowest BCUT2D eigenvalue weighted by molar-refractivity contribution is 0.867. The Labute approximate surface area is 110 Å². The third-order valence-corrected chi connectivity index (χ3v) is 3.16. The van der Waals surface area contributed by atoms with E-state index in [4.69, 9.17) is 0 Å². The average Bonchev–Trinajstić information content (AvgIpc) is 2.37. The summed E-state index contributed by atoms with van der Waals surface area (Å²) in [5.74, 6) is 0.593. The van der Waals surface area contributed by atoms with Gasteiger partial charge < -0.3 is 5.32 Å². The molecule has 0 aliphatic heterocycles. The first-order valence-electron chi connectivity index (χ1n) is 6.54. The van der Waals surface area contributed by atoms with Crippen molar-refractivity contribution in [2.75, 3.05) is 5.32 Å². The van der Waals surface area contributed by atoms with Crippen molar-refractivity contribution in [3.63, 3.8) is 0 Å². The van der Waals surface area contributed by atoms with Crippen molar-refractivity contribution in [2.24, 2.45) is 0 Å². The highest BCUT2D eigenvalue weighted by molar-refractivity contribution is 5.45. The van der Waals surface area contributed by atoms with Crippen LogP contribution >= 0.6 is 0 Å². The summed E-state index contributed by atoms with van der Waals surface area (Å²) in [6.07, 6.45) is 0. The minimum absolute atomic E-state index is 0.593. The van der Waals surface area contributed by atoms with E-state index in [0.29, 0.717) is 5.92 Å². The van der Waals surface area contributed by atoms with Gasteiger partial charge in [0.25, 0.3) is 0 Å². The number of anilines is 1. The number of rotatable bonds is 4. The molecule has 0 heterocycles. The van der Waals surface area contributed by atoms with Gasteiger partial charge in [0.1, 0.15) is 0 Å². The van der Waals surface area contributed by atoms with E-state index < -0.39 is 0 Å². The fraction of sp³-hybridized carbons (Fsp3) is 0.294. The molecule has 0 saturated carbocycles. The highest BCUT2D eigenvalue weighted by atomic mass is 14.9. The molecule has 0 saturated heterocycles. The molecule has 2 aromatic carbocycles. The van der Waals surface area contributed by atoms with Gasteiger partial charge in [-0.25, -0.2) is 0 Å². The highest BCUT2D eigenvalue weighted by Crippen LogP contribution is 2.17. The lowest BCUT2D eigenvalue weighted by Gasteiger charge is -2.09. The molecule has 18 heavy (non-hydrogen) atoms. The summed E-state index contributed by atoms with van der Waals surface area (Å²) in [5, 5.41) is 3.45. The van der Waals surface area contributed by atoms with Crippen LogP contribution in [0.4, 0.5) is 5.69 Å². The van der Waals surface area contributed by atoms with Crippen LogP contribution in [0.3, 0.4) is 0 Å². The van der Waals surface area contributed by atoms with E-state index in [1.165, 1.54) is 22.4 Å². The third-order valence-electron chi connectivity index (χ3n) is 3.16. The number of benzene rings is 2. The molecule has 1 nitrogen and oxygen atoms in total. The first-order chi connectivity index (χ1) is 8.65. The van der Waals surface area contributed by atoms with Crippen LogP contribution < -0.4 is 5.32 Å². The lowest BCUT2D eigenvalue weighted by Crippen LogP contribution is -1.99. The van der Waals surface area contributed by atoms with Crippen LogP contribution in [0.1, 0.15) is 36.5 Å². The van der Waals surface area contributed by atoms with Gasteiger partial charge in [-0.15, -0.1) is 0 Å². The maximum absolute atomic E-state index is 3.45. The topological polar surface area (TPSA) is 12.0 Å². The quantitative estimate of drug-likeness (QED) is 0.813. The minimum Gasteiger partial charge on any atom is -0.381 e. The van der Waals surface area contributed by atoms with E-state index in [0.717, 1.165) is 6.54 Å². The molecule has 0 aliphatic carbocycles. The van der Waals surface area contributed by atoms with E-state index in [1.54, 1.807) is 0 Å². The molecule has 2 aromatic rings. The summed E-state index contributed by atoms with van der Waals surface area (Å²) in [6.45, 7) is 7.44. The van der Waals surface area contributed by atoms with Crippen molar-refractivity contribution in [3.05, 3.63) is 65.2 Å². The van der Waals surface area contributed by atoms with Gasteiger partial charge in [-0.05, 0) is 36.1 Å². The van der Waals surface area contributed by atoms with E-state index in [9.17, 15) is 0 Å². The Kier molecular flexibility index (Phi) is 4.03. The molecule has 0 radical (unpaired) electrons. The molecule has 0 fully saturated rings. The van der Waals surface area contributed by atoms with Gasteiger partial charge in [-0.2, -0.15) is 0 Å². The van der Waals surface area contributed by atoms with Gasteiger partial charge >= 0.3 is 0 Å². The Morgan fingerprint density at radius 2 is 1.72 bits per heavy atom. The molecule has 0 spiro atoms. The third kappa shape index (κ3) is 3.36. The van der Waals surface area contributed by atoms with Crippen molar-refractivity contribution in [2.45, 2.75) is 33.2 Å².